The summed E-state index contributed by atoms with van der Waals surface area (Å²) in [6, 6.07) is 4.50. The van der Waals surface area contributed by atoms with Gasteiger partial charge >= 0.3 is 0 Å². The molecular formula is C19H24FNO6. The average molecular weight is 381 g/mol. The highest BCUT2D eigenvalue weighted by molar-refractivity contribution is 5.94. The average Bonchev–Trinajstić information content (AvgIpc) is 3.04. The van der Waals surface area contributed by atoms with E-state index in [2.05, 4.69) is 5.32 Å². The fraction of sp³-hybridized carbons (Fsp3) is 0.632. The maximum Gasteiger partial charge on any atom is 0.256 e. The number of carbonyl (C=O) groups is 1. The first-order valence-corrected chi connectivity index (χ1v) is 8.98. The van der Waals surface area contributed by atoms with Crippen LogP contribution in [0.3, 0.4) is 0 Å². The summed E-state index contributed by atoms with van der Waals surface area (Å²) in [5, 5.41) is 2.68. The van der Waals surface area contributed by atoms with E-state index in [1.54, 1.807) is 46.8 Å². The zero-order valence-corrected chi connectivity index (χ0v) is 15.9. The quantitative estimate of drug-likeness (QED) is 0.848. The van der Waals surface area contributed by atoms with Crippen molar-refractivity contribution in [2.24, 2.45) is 0 Å². The molecule has 0 aromatic heterocycles. The summed E-state index contributed by atoms with van der Waals surface area (Å²) in [5.74, 6) is -2.60. The van der Waals surface area contributed by atoms with Crippen molar-refractivity contribution in [3.05, 3.63) is 29.6 Å². The number of benzene rings is 1. The first-order valence-electron chi connectivity index (χ1n) is 8.98. The van der Waals surface area contributed by atoms with Gasteiger partial charge in [-0.2, -0.15) is 0 Å². The number of ether oxygens (including phenoxy) is 5. The Kier molecular flexibility index (Phi) is 4.32. The van der Waals surface area contributed by atoms with E-state index in [9.17, 15) is 9.18 Å². The van der Waals surface area contributed by atoms with E-state index in [-0.39, 0.29) is 0 Å². The van der Waals surface area contributed by atoms with Crippen LogP contribution in [0.25, 0.3) is 0 Å². The number of fused-ring (bicyclic) bond motifs is 3. The largest absolute Gasteiger partial charge is 0.342 e. The maximum atomic E-state index is 13.8. The van der Waals surface area contributed by atoms with E-state index in [4.69, 9.17) is 23.7 Å². The zero-order chi connectivity index (χ0) is 19.6. The monoisotopic (exact) mass is 381 g/mol. The van der Waals surface area contributed by atoms with Gasteiger partial charge in [-0.3, -0.25) is 4.79 Å². The Bertz CT molecular complexity index is 767. The summed E-state index contributed by atoms with van der Waals surface area (Å²) < 4.78 is 43.2. The molecule has 3 aliphatic rings. The van der Waals surface area contributed by atoms with E-state index >= 15 is 0 Å². The molecule has 1 aromatic carbocycles. The first kappa shape index (κ1) is 18.8. The zero-order valence-electron chi connectivity index (χ0n) is 15.9. The second kappa shape index (κ2) is 6.22. The Balaban J connectivity index is 1.57. The van der Waals surface area contributed by atoms with Crippen molar-refractivity contribution in [3.63, 3.8) is 0 Å². The molecule has 1 aromatic rings. The van der Waals surface area contributed by atoms with E-state index in [1.807, 2.05) is 0 Å². The lowest BCUT2D eigenvalue weighted by Crippen LogP contribution is -2.58. The van der Waals surface area contributed by atoms with E-state index < -0.39 is 54.0 Å². The van der Waals surface area contributed by atoms with Gasteiger partial charge in [0.2, 0.25) is 0 Å². The van der Waals surface area contributed by atoms with Gasteiger partial charge in [-0.05, 0) is 52.3 Å². The van der Waals surface area contributed by atoms with Crippen molar-refractivity contribution in [3.8, 4) is 0 Å². The summed E-state index contributed by atoms with van der Waals surface area (Å²) in [6.45, 7) is 8.74. The summed E-state index contributed by atoms with van der Waals surface area (Å²) in [5.41, 5.74) is 0.838. The molecule has 0 unspecified atom stereocenters. The molecule has 1 N–H and O–H groups in total. The van der Waals surface area contributed by atoms with Crippen LogP contribution in [-0.4, -0.2) is 48.2 Å². The van der Waals surface area contributed by atoms with Gasteiger partial charge < -0.3 is 29.0 Å². The van der Waals surface area contributed by atoms with Gasteiger partial charge in [-0.1, -0.05) is 6.07 Å². The van der Waals surface area contributed by atoms with E-state index in [1.165, 1.54) is 6.07 Å². The molecule has 27 heavy (non-hydrogen) atoms. The fourth-order valence-electron chi connectivity index (χ4n) is 3.71. The number of nitrogens with one attached hydrogen (secondary N) is 1. The molecule has 4 rings (SSSR count). The number of halogens is 1. The summed E-state index contributed by atoms with van der Waals surface area (Å²) >= 11 is 0. The van der Waals surface area contributed by atoms with Crippen LogP contribution in [-0.2, 0) is 28.5 Å². The fourth-order valence-corrected chi connectivity index (χ4v) is 3.71. The predicted octanol–water partition coefficient (Wildman–Crippen LogP) is 2.47. The third-order valence-corrected chi connectivity index (χ3v) is 4.85. The molecule has 3 heterocycles. The molecular weight excluding hydrogens is 357 g/mol. The van der Waals surface area contributed by atoms with Crippen LogP contribution in [0.5, 0.6) is 0 Å². The molecule has 3 fully saturated rings. The van der Waals surface area contributed by atoms with Crippen LogP contribution in [0.2, 0.25) is 0 Å². The molecule has 5 atom stereocenters. The molecule has 0 bridgehead atoms. The summed E-state index contributed by atoms with van der Waals surface area (Å²) in [4.78, 5) is 12.9. The Hall–Kier alpha value is -1.58. The van der Waals surface area contributed by atoms with Crippen LogP contribution in [0.4, 0.5) is 10.1 Å². The number of anilines is 1. The van der Waals surface area contributed by atoms with Gasteiger partial charge in [0.15, 0.2) is 24.0 Å². The van der Waals surface area contributed by atoms with Crippen molar-refractivity contribution in [2.75, 3.05) is 5.32 Å². The minimum atomic E-state index is -0.986. The summed E-state index contributed by atoms with van der Waals surface area (Å²) in [7, 11) is 0. The van der Waals surface area contributed by atoms with E-state index in [0.29, 0.717) is 11.3 Å². The number of aryl methyl sites for hydroxylation is 1. The highest BCUT2D eigenvalue weighted by Crippen LogP contribution is 2.44. The number of rotatable bonds is 2. The second-order valence-electron chi connectivity index (χ2n) is 8.04. The molecule has 7 nitrogen and oxygen atoms in total. The molecule has 8 heteroatoms. The second-order valence-corrected chi connectivity index (χ2v) is 8.04. The number of hydrogen-bond donors (Lipinski definition) is 1. The molecule has 0 spiro atoms. The molecule has 3 saturated heterocycles. The van der Waals surface area contributed by atoms with Crippen molar-refractivity contribution in [2.45, 2.75) is 76.9 Å². The minimum Gasteiger partial charge on any atom is -0.342 e. The number of amides is 1. The molecule has 0 saturated carbocycles. The third kappa shape index (κ3) is 3.48. The highest BCUT2D eigenvalue weighted by Gasteiger charge is 2.62. The lowest BCUT2D eigenvalue weighted by molar-refractivity contribution is -0.229. The third-order valence-electron chi connectivity index (χ3n) is 4.85. The lowest BCUT2D eigenvalue weighted by Gasteiger charge is -2.36. The van der Waals surface area contributed by atoms with Crippen LogP contribution >= 0.6 is 0 Å². The topological polar surface area (TPSA) is 75.3 Å². The molecule has 0 radical (unpaired) electrons. The van der Waals surface area contributed by atoms with Crippen LogP contribution in [0.15, 0.2) is 18.2 Å². The SMILES string of the molecule is Cc1ccc(NC(=O)[C@@H]2O[C@@H]3OC(C)(C)O[C@@H]3[C@H]3OC(C)(C)O[C@@H]32)cc1F. The van der Waals surface area contributed by atoms with Crippen molar-refractivity contribution < 1.29 is 32.9 Å². The Morgan fingerprint density at radius 1 is 1.00 bits per heavy atom. The van der Waals surface area contributed by atoms with Crippen LogP contribution in [0, 0.1) is 12.7 Å². The minimum absolute atomic E-state index is 0.340. The van der Waals surface area contributed by atoms with Crippen molar-refractivity contribution in [1.82, 2.24) is 0 Å². The molecule has 0 aliphatic carbocycles. The predicted molar refractivity (Wildman–Crippen MR) is 92.3 cm³/mol. The molecule has 3 aliphatic heterocycles. The number of carbonyl (C=O) groups excluding carboxylic acids is 1. The Labute approximate surface area is 157 Å². The van der Waals surface area contributed by atoms with Gasteiger partial charge in [0.1, 0.15) is 24.1 Å². The van der Waals surface area contributed by atoms with Gasteiger partial charge in [-0.15, -0.1) is 0 Å². The Morgan fingerprint density at radius 2 is 1.63 bits per heavy atom. The van der Waals surface area contributed by atoms with Gasteiger partial charge in [0.25, 0.3) is 5.91 Å². The lowest BCUT2D eigenvalue weighted by atomic mass is 9.98. The van der Waals surface area contributed by atoms with Crippen LogP contribution in [0.1, 0.15) is 33.3 Å². The number of hydrogen-bond acceptors (Lipinski definition) is 6. The standard InChI is InChI=1S/C19H24FNO6/c1-9-6-7-10(8-11(9)20)21-16(22)14-12-13(25-18(2,3)24-12)15-17(23-14)27-19(4,5)26-15/h6-8,12-15,17H,1-5H3,(H,21,22)/t12-,13-,14+,15+,17+/m0/s1. The van der Waals surface area contributed by atoms with Gasteiger partial charge in [0.05, 0.1) is 0 Å². The Morgan fingerprint density at radius 3 is 2.33 bits per heavy atom. The maximum absolute atomic E-state index is 13.8. The van der Waals surface area contributed by atoms with E-state index in [0.717, 1.165) is 0 Å². The molecule has 1 amide bonds. The normalized spacial score (nSPS) is 36.1. The summed E-state index contributed by atoms with van der Waals surface area (Å²) in [6.07, 6.45) is -3.45. The smallest absolute Gasteiger partial charge is 0.256 e. The van der Waals surface area contributed by atoms with Crippen molar-refractivity contribution >= 4 is 11.6 Å². The first-order chi connectivity index (χ1) is 12.5. The highest BCUT2D eigenvalue weighted by atomic mass is 19.1. The van der Waals surface area contributed by atoms with Crippen LogP contribution < -0.4 is 5.32 Å². The molecule has 148 valence electrons. The van der Waals surface area contributed by atoms with Gasteiger partial charge in [0, 0.05) is 5.69 Å². The van der Waals surface area contributed by atoms with Crippen molar-refractivity contribution in [1.29, 1.82) is 0 Å². The van der Waals surface area contributed by atoms with Gasteiger partial charge in [-0.25, -0.2) is 4.39 Å².